The number of carbonyl (C=O) groups is 3. The Bertz CT molecular complexity index is 698. The van der Waals surface area contributed by atoms with E-state index < -0.39 is 18.4 Å². The first-order valence-electron chi connectivity index (χ1n) is 6.67. The van der Waals surface area contributed by atoms with Gasteiger partial charge in [-0.25, -0.2) is 0 Å². The molecule has 1 aliphatic rings. The summed E-state index contributed by atoms with van der Waals surface area (Å²) in [7, 11) is 0. The fraction of sp³-hybridized carbons (Fsp3) is 0.200. The smallest absolute Gasteiger partial charge is 0.322 e. The third-order valence-electron chi connectivity index (χ3n) is 2.99. The Morgan fingerprint density at radius 2 is 2.00 bits per heavy atom. The van der Waals surface area contributed by atoms with Gasteiger partial charge in [-0.3, -0.25) is 19.3 Å². The molecule has 0 aliphatic carbocycles. The standard InChI is InChI=1S/C15H14N2O4S2/c1-9-2-4-10(5-3-9)6-11-14(21)17(15(22)23-11)8-12(18)16-7-13(19)20/h2-6H,7-8H2,1H3,(H,16,18)(H,19,20)/b11-6-. The van der Waals surface area contributed by atoms with E-state index in [4.69, 9.17) is 17.3 Å². The zero-order chi connectivity index (χ0) is 17.0. The van der Waals surface area contributed by atoms with Gasteiger partial charge in [0.05, 0.1) is 4.91 Å². The predicted octanol–water partition coefficient (Wildman–Crippen LogP) is 1.40. The van der Waals surface area contributed by atoms with Crippen LogP contribution < -0.4 is 5.32 Å². The van der Waals surface area contributed by atoms with Crippen LogP contribution in [-0.2, 0) is 14.4 Å². The summed E-state index contributed by atoms with van der Waals surface area (Å²) < 4.78 is 0.277. The second kappa shape index (κ2) is 7.38. The van der Waals surface area contributed by atoms with Gasteiger partial charge in [-0.1, -0.05) is 53.8 Å². The topological polar surface area (TPSA) is 86.7 Å². The van der Waals surface area contributed by atoms with Crippen molar-refractivity contribution >= 4 is 52.2 Å². The quantitative estimate of drug-likeness (QED) is 0.617. The summed E-state index contributed by atoms with van der Waals surface area (Å²) in [4.78, 5) is 36.0. The molecule has 120 valence electrons. The highest BCUT2D eigenvalue weighted by molar-refractivity contribution is 8.26. The van der Waals surface area contributed by atoms with Gasteiger partial charge in [0.25, 0.3) is 5.91 Å². The Hall–Kier alpha value is -2.19. The molecular formula is C15H14N2O4S2. The minimum absolute atomic E-state index is 0.277. The van der Waals surface area contributed by atoms with Gasteiger partial charge < -0.3 is 10.4 Å². The van der Waals surface area contributed by atoms with Crippen molar-refractivity contribution in [2.24, 2.45) is 0 Å². The first kappa shape index (κ1) is 17.2. The van der Waals surface area contributed by atoms with Crippen LogP contribution in [0.2, 0.25) is 0 Å². The molecule has 1 heterocycles. The van der Waals surface area contributed by atoms with Crippen LogP contribution in [0.3, 0.4) is 0 Å². The molecule has 1 aromatic rings. The Labute approximate surface area is 142 Å². The number of rotatable bonds is 5. The van der Waals surface area contributed by atoms with Crippen LogP contribution in [0.1, 0.15) is 11.1 Å². The Balaban J connectivity index is 2.06. The van der Waals surface area contributed by atoms with Gasteiger partial charge in [0.2, 0.25) is 5.91 Å². The Morgan fingerprint density at radius 1 is 1.35 bits per heavy atom. The fourth-order valence-electron chi connectivity index (χ4n) is 1.82. The molecule has 0 atom stereocenters. The van der Waals surface area contributed by atoms with Crippen LogP contribution in [0.5, 0.6) is 0 Å². The highest BCUT2D eigenvalue weighted by Gasteiger charge is 2.33. The molecule has 0 saturated carbocycles. The van der Waals surface area contributed by atoms with Gasteiger partial charge in [-0.2, -0.15) is 0 Å². The van der Waals surface area contributed by atoms with Crippen molar-refractivity contribution in [2.75, 3.05) is 13.1 Å². The molecule has 2 rings (SSSR count). The minimum atomic E-state index is -1.15. The normalized spacial score (nSPS) is 16.0. The van der Waals surface area contributed by atoms with Crippen LogP contribution >= 0.6 is 24.0 Å². The summed E-state index contributed by atoms with van der Waals surface area (Å²) in [5.41, 5.74) is 1.98. The van der Waals surface area contributed by atoms with E-state index >= 15 is 0 Å². The third kappa shape index (κ3) is 4.64. The summed E-state index contributed by atoms with van der Waals surface area (Å²) >= 11 is 6.24. The molecule has 8 heteroatoms. The van der Waals surface area contributed by atoms with E-state index in [0.29, 0.717) is 4.91 Å². The van der Waals surface area contributed by atoms with E-state index in [1.54, 1.807) is 6.08 Å². The lowest BCUT2D eigenvalue weighted by Crippen LogP contribution is -2.41. The second-order valence-electron chi connectivity index (χ2n) is 4.85. The lowest BCUT2D eigenvalue weighted by molar-refractivity contribution is -0.138. The fourth-order valence-corrected chi connectivity index (χ4v) is 3.08. The van der Waals surface area contributed by atoms with E-state index in [9.17, 15) is 14.4 Å². The van der Waals surface area contributed by atoms with E-state index in [-0.39, 0.29) is 16.8 Å². The molecule has 1 aliphatic heterocycles. The lowest BCUT2D eigenvalue weighted by Gasteiger charge is -2.13. The number of hydrogen-bond donors (Lipinski definition) is 2. The average Bonchev–Trinajstić information content (AvgIpc) is 2.75. The molecule has 2 N–H and O–H groups in total. The molecule has 1 fully saturated rings. The van der Waals surface area contributed by atoms with Crippen molar-refractivity contribution in [3.63, 3.8) is 0 Å². The van der Waals surface area contributed by atoms with Crippen molar-refractivity contribution in [3.8, 4) is 0 Å². The number of nitrogens with zero attached hydrogens (tertiary/aromatic N) is 1. The van der Waals surface area contributed by atoms with Crippen LogP contribution in [0.25, 0.3) is 6.08 Å². The summed E-state index contributed by atoms with van der Waals surface area (Å²) in [5, 5.41) is 10.7. The number of aryl methyl sites for hydroxylation is 1. The summed E-state index contributed by atoms with van der Waals surface area (Å²) in [6, 6.07) is 7.65. The SMILES string of the molecule is Cc1ccc(/C=C2\SC(=S)N(CC(=O)NCC(=O)O)C2=O)cc1. The van der Waals surface area contributed by atoms with E-state index in [2.05, 4.69) is 5.32 Å². The van der Waals surface area contributed by atoms with Crippen molar-refractivity contribution in [1.29, 1.82) is 0 Å². The molecule has 2 amide bonds. The number of amides is 2. The molecule has 23 heavy (non-hydrogen) atoms. The van der Waals surface area contributed by atoms with Gasteiger partial charge in [-0.15, -0.1) is 0 Å². The largest absolute Gasteiger partial charge is 0.480 e. The van der Waals surface area contributed by atoms with E-state index in [0.717, 1.165) is 27.8 Å². The highest BCUT2D eigenvalue weighted by Crippen LogP contribution is 2.32. The number of thiocarbonyl (C=S) groups is 1. The van der Waals surface area contributed by atoms with Crippen LogP contribution in [0.15, 0.2) is 29.2 Å². The molecular weight excluding hydrogens is 336 g/mol. The molecule has 0 bridgehead atoms. The number of hydrogen-bond acceptors (Lipinski definition) is 5. The zero-order valence-corrected chi connectivity index (χ0v) is 13.9. The van der Waals surface area contributed by atoms with Crippen LogP contribution in [-0.4, -0.2) is 45.2 Å². The Morgan fingerprint density at radius 3 is 2.61 bits per heavy atom. The molecule has 0 aromatic heterocycles. The first-order chi connectivity index (χ1) is 10.9. The molecule has 0 radical (unpaired) electrons. The number of benzene rings is 1. The minimum Gasteiger partial charge on any atom is -0.480 e. The summed E-state index contributed by atoms with van der Waals surface area (Å²) in [6.45, 7) is 1.19. The van der Waals surface area contributed by atoms with Crippen LogP contribution in [0.4, 0.5) is 0 Å². The summed E-state index contributed by atoms with van der Waals surface area (Å²) in [5.74, 6) is -2.07. The van der Waals surface area contributed by atoms with Crippen molar-refractivity contribution in [1.82, 2.24) is 10.2 Å². The number of carboxylic acid groups (broad SMARTS) is 1. The highest BCUT2D eigenvalue weighted by atomic mass is 32.2. The number of carboxylic acids is 1. The third-order valence-corrected chi connectivity index (χ3v) is 4.36. The summed E-state index contributed by atoms with van der Waals surface area (Å²) in [6.07, 6.45) is 1.72. The van der Waals surface area contributed by atoms with Gasteiger partial charge in [0, 0.05) is 0 Å². The lowest BCUT2D eigenvalue weighted by atomic mass is 10.1. The maximum absolute atomic E-state index is 12.3. The molecule has 0 spiro atoms. The maximum atomic E-state index is 12.3. The van der Waals surface area contributed by atoms with Crippen molar-refractivity contribution in [3.05, 3.63) is 40.3 Å². The second-order valence-corrected chi connectivity index (χ2v) is 6.52. The number of carbonyl (C=O) groups excluding carboxylic acids is 2. The molecule has 6 nitrogen and oxygen atoms in total. The number of thioether (sulfide) groups is 1. The van der Waals surface area contributed by atoms with Gasteiger partial charge in [-0.05, 0) is 18.6 Å². The van der Waals surface area contributed by atoms with Gasteiger partial charge in [0.15, 0.2) is 0 Å². The van der Waals surface area contributed by atoms with E-state index in [1.807, 2.05) is 31.2 Å². The van der Waals surface area contributed by atoms with Crippen molar-refractivity contribution in [2.45, 2.75) is 6.92 Å². The maximum Gasteiger partial charge on any atom is 0.322 e. The number of nitrogens with one attached hydrogen (secondary N) is 1. The number of aliphatic carboxylic acids is 1. The van der Waals surface area contributed by atoms with E-state index in [1.165, 1.54) is 0 Å². The molecule has 0 unspecified atom stereocenters. The monoisotopic (exact) mass is 350 g/mol. The molecule has 1 aromatic carbocycles. The average molecular weight is 350 g/mol. The van der Waals surface area contributed by atoms with Gasteiger partial charge in [0.1, 0.15) is 17.4 Å². The van der Waals surface area contributed by atoms with Crippen molar-refractivity contribution < 1.29 is 19.5 Å². The van der Waals surface area contributed by atoms with Gasteiger partial charge >= 0.3 is 5.97 Å². The predicted molar refractivity (Wildman–Crippen MR) is 91.7 cm³/mol. The Kier molecular flexibility index (Phi) is 5.51. The zero-order valence-electron chi connectivity index (χ0n) is 12.2. The molecule has 1 saturated heterocycles. The van der Waals surface area contributed by atoms with Crippen LogP contribution in [0, 0.1) is 6.92 Å². The first-order valence-corrected chi connectivity index (χ1v) is 7.90.